The zero-order valence-electron chi connectivity index (χ0n) is 14.1. The van der Waals surface area contributed by atoms with Gasteiger partial charge in [-0.25, -0.2) is 5.43 Å². The fourth-order valence-corrected chi connectivity index (χ4v) is 2.47. The summed E-state index contributed by atoms with van der Waals surface area (Å²) in [5.41, 5.74) is 3.09. The minimum atomic E-state index is -0.696. The molecule has 0 bridgehead atoms. The molecule has 27 heavy (non-hydrogen) atoms. The Morgan fingerprint density at radius 2 is 1.89 bits per heavy atom. The van der Waals surface area contributed by atoms with E-state index >= 15 is 0 Å². The zero-order valence-corrected chi connectivity index (χ0v) is 14.1. The molecule has 3 N–H and O–H groups in total. The number of hydrogen-bond donors (Lipinski definition) is 3. The van der Waals surface area contributed by atoms with Crippen LogP contribution in [0.25, 0.3) is 10.8 Å². The van der Waals surface area contributed by atoms with Crippen molar-refractivity contribution in [1.82, 2.24) is 5.43 Å². The van der Waals surface area contributed by atoms with Gasteiger partial charge < -0.3 is 10.4 Å². The lowest BCUT2D eigenvalue weighted by Crippen LogP contribution is -2.25. The van der Waals surface area contributed by atoms with Gasteiger partial charge in [0.1, 0.15) is 0 Å². The molecule has 0 aliphatic carbocycles. The SMILES string of the molecule is O=C(CNc1ccc2ccccc2c1)N/N=C/c1ccc(O)c([N+](=O)[O-])c1. The quantitative estimate of drug-likeness (QED) is 0.353. The van der Waals surface area contributed by atoms with Gasteiger partial charge in [-0.1, -0.05) is 30.3 Å². The molecule has 8 heteroatoms. The predicted molar refractivity (Wildman–Crippen MR) is 103 cm³/mol. The lowest BCUT2D eigenvalue weighted by molar-refractivity contribution is -0.385. The number of anilines is 1. The van der Waals surface area contributed by atoms with Crippen LogP contribution in [-0.4, -0.2) is 28.7 Å². The minimum absolute atomic E-state index is 0.0193. The number of nitrogens with zero attached hydrogens (tertiary/aromatic N) is 2. The normalized spacial score (nSPS) is 10.8. The first-order valence-corrected chi connectivity index (χ1v) is 8.05. The van der Waals surface area contributed by atoms with Crippen molar-refractivity contribution in [3.8, 4) is 5.75 Å². The van der Waals surface area contributed by atoms with Crippen molar-refractivity contribution in [2.24, 2.45) is 5.10 Å². The zero-order chi connectivity index (χ0) is 19.2. The standard InChI is InChI=1S/C19H16N4O4/c24-18-8-5-13(9-17(18)23(26)27)11-21-22-19(25)12-20-16-7-6-14-3-1-2-4-15(14)10-16/h1-11,20,24H,12H2,(H,22,25)/b21-11+. The van der Waals surface area contributed by atoms with Crippen LogP contribution >= 0.6 is 0 Å². The summed E-state index contributed by atoms with van der Waals surface area (Å²) in [6, 6.07) is 17.5. The van der Waals surface area contributed by atoms with E-state index in [2.05, 4.69) is 15.8 Å². The van der Waals surface area contributed by atoms with Crippen LogP contribution in [-0.2, 0) is 4.79 Å². The average Bonchev–Trinajstić information content (AvgIpc) is 2.67. The molecule has 0 aromatic heterocycles. The van der Waals surface area contributed by atoms with Gasteiger partial charge in [-0.15, -0.1) is 0 Å². The Labute approximate surface area is 154 Å². The third-order valence-corrected chi connectivity index (χ3v) is 3.80. The number of benzene rings is 3. The van der Waals surface area contributed by atoms with E-state index in [1.165, 1.54) is 18.3 Å². The Morgan fingerprint density at radius 1 is 1.11 bits per heavy atom. The Kier molecular flexibility index (Phi) is 5.27. The van der Waals surface area contributed by atoms with Crippen molar-refractivity contribution >= 4 is 34.3 Å². The molecule has 0 aliphatic rings. The van der Waals surface area contributed by atoms with Crippen LogP contribution in [0.2, 0.25) is 0 Å². The van der Waals surface area contributed by atoms with Crippen LogP contribution in [0.3, 0.4) is 0 Å². The van der Waals surface area contributed by atoms with Gasteiger partial charge in [0.05, 0.1) is 17.7 Å². The fraction of sp³-hybridized carbons (Fsp3) is 0.0526. The maximum Gasteiger partial charge on any atom is 0.311 e. The van der Waals surface area contributed by atoms with Gasteiger partial charge in [0.15, 0.2) is 5.75 Å². The van der Waals surface area contributed by atoms with Crippen molar-refractivity contribution in [1.29, 1.82) is 0 Å². The molecule has 0 atom stereocenters. The van der Waals surface area contributed by atoms with Gasteiger partial charge in [0, 0.05) is 17.3 Å². The number of hydrogen-bond acceptors (Lipinski definition) is 6. The number of rotatable bonds is 6. The summed E-state index contributed by atoms with van der Waals surface area (Å²) in [4.78, 5) is 21.9. The number of aromatic hydroxyl groups is 1. The molecule has 0 spiro atoms. The average molecular weight is 364 g/mol. The molecule has 136 valence electrons. The number of carbonyl (C=O) groups excluding carboxylic acids is 1. The first-order valence-electron chi connectivity index (χ1n) is 8.05. The number of amides is 1. The Balaban J connectivity index is 1.55. The fourth-order valence-electron chi connectivity index (χ4n) is 2.47. The topological polar surface area (TPSA) is 117 Å². The number of carbonyl (C=O) groups is 1. The highest BCUT2D eigenvalue weighted by Crippen LogP contribution is 2.25. The first-order chi connectivity index (χ1) is 13.0. The van der Waals surface area contributed by atoms with Crippen molar-refractivity contribution in [2.75, 3.05) is 11.9 Å². The number of fused-ring (bicyclic) bond motifs is 1. The maximum atomic E-state index is 11.9. The van der Waals surface area contributed by atoms with E-state index in [0.717, 1.165) is 22.5 Å². The highest BCUT2D eigenvalue weighted by atomic mass is 16.6. The van der Waals surface area contributed by atoms with Gasteiger partial charge in [-0.2, -0.15) is 5.10 Å². The molecule has 3 rings (SSSR count). The second-order valence-corrected chi connectivity index (χ2v) is 5.71. The molecule has 3 aromatic carbocycles. The van der Waals surface area contributed by atoms with Crippen molar-refractivity contribution in [3.05, 3.63) is 76.3 Å². The second-order valence-electron chi connectivity index (χ2n) is 5.71. The van der Waals surface area contributed by atoms with E-state index in [1.54, 1.807) is 0 Å². The number of phenols is 1. The summed E-state index contributed by atoms with van der Waals surface area (Å²) in [5, 5.41) is 29.1. The van der Waals surface area contributed by atoms with Gasteiger partial charge in [0.25, 0.3) is 5.91 Å². The smallest absolute Gasteiger partial charge is 0.311 e. The van der Waals surface area contributed by atoms with E-state index in [9.17, 15) is 20.0 Å². The second kappa shape index (κ2) is 7.96. The van der Waals surface area contributed by atoms with Crippen LogP contribution in [0, 0.1) is 10.1 Å². The van der Waals surface area contributed by atoms with Crippen LogP contribution in [0.15, 0.2) is 65.8 Å². The third-order valence-electron chi connectivity index (χ3n) is 3.80. The molecule has 0 saturated heterocycles. The van der Waals surface area contributed by atoms with Crippen LogP contribution in [0.1, 0.15) is 5.56 Å². The van der Waals surface area contributed by atoms with Gasteiger partial charge in [-0.05, 0) is 35.0 Å². The van der Waals surface area contributed by atoms with Crippen molar-refractivity contribution in [3.63, 3.8) is 0 Å². The lowest BCUT2D eigenvalue weighted by Gasteiger charge is -2.06. The van der Waals surface area contributed by atoms with E-state index in [0.29, 0.717) is 5.56 Å². The van der Waals surface area contributed by atoms with E-state index in [1.807, 2.05) is 42.5 Å². The van der Waals surface area contributed by atoms with Crippen LogP contribution < -0.4 is 10.7 Å². The monoisotopic (exact) mass is 364 g/mol. The Hall–Kier alpha value is -3.94. The first kappa shape index (κ1) is 17.9. The molecular formula is C19H16N4O4. The highest BCUT2D eigenvalue weighted by molar-refractivity contribution is 5.88. The van der Waals surface area contributed by atoms with Crippen molar-refractivity contribution < 1.29 is 14.8 Å². The number of nitrogens with one attached hydrogen (secondary N) is 2. The summed E-state index contributed by atoms with van der Waals surface area (Å²) in [7, 11) is 0. The molecular weight excluding hydrogens is 348 g/mol. The maximum absolute atomic E-state index is 11.9. The van der Waals surface area contributed by atoms with Gasteiger partial charge in [0.2, 0.25) is 0 Å². The van der Waals surface area contributed by atoms with Crippen LogP contribution in [0.4, 0.5) is 11.4 Å². The number of phenolic OH excluding ortho intramolecular Hbond substituents is 1. The number of nitro benzene ring substituents is 1. The van der Waals surface area contributed by atoms with Crippen LogP contribution in [0.5, 0.6) is 5.75 Å². The molecule has 1 amide bonds. The summed E-state index contributed by atoms with van der Waals surface area (Å²) in [5.74, 6) is -0.798. The molecule has 0 radical (unpaired) electrons. The molecule has 8 nitrogen and oxygen atoms in total. The predicted octanol–water partition coefficient (Wildman–Crippen LogP) is 3.02. The lowest BCUT2D eigenvalue weighted by atomic mass is 10.1. The van der Waals surface area contributed by atoms with E-state index < -0.39 is 16.4 Å². The number of hydrazone groups is 1. The largest absolute Gasteiger partial charge is 0.502 e. The summed E-state index contributed by atoms with van der Waals surface area (Å²) >= 11 is 0. The molecule has 3 aromatic rings. The van der Waals surface area contributed by atoms with E-state index in [4.69, 9.17) is 0 Å². The summed E-state index contributed by atoms with van der Waals surface area (Å²) in [6.07, 6.45) is 1.26. The summed E-state index contributed by atoms with van der Waals surface area (Å²) < 4.78 is 0. The Morgan fingerprint density at radius 3 is 2.67 bits per heavy atom. The third kappa shape index (κ3) is 4.57. The van der Waals surface area contributed by atoms with Gasteiger partial charge >= 0.3 is 5.69 Å². The molecule has 0 fully saturated rings. The van der Waals surface area contributed by atoms with Crippen molar-refractivity contribution in [2.45, 2.75) is 0 Å². The van der Waals surface area contributed by atoms with Gasteiger partial charge in [-0.3, -0.25) is 14.9 Å². The Bertz CT molecular complexity index is 1030. The van der Waals surface area contributed by atoms with E-state index in [-0.39, 0.29) is 12.5 Å². The molecule has 0 aliphatic heterocycles. The summed E-state index contributed by atoms with van der Waals surface area (Å²) in [6.45, 7) is 0.0193. The molecule has 0 saturated carbocycles. The number of nitro groups is 1. The highest BCUT2D eigenvalue weighted by Gasteiger charge is 2.12. The molecule has 0 unspecified atom stereocenters. The minimum Gasteiger partial charge on any atom is -0.502 e. The molecule has 0 heterocycles.